The molecule has 0 atom stereocenters. The Hall–Kier alpha value is -1.95. The summed E-state index contributed by atoms with van der Waals surface area (Å²) in [5.74, 6) is -0.0198. The van der Waals surface area contributed by atoms with Gasteiger partial charge in [0.15, 0.2) is 5.75 Å². The molecule has 0 unspecified atom stereocenters. The van der Waals surface area contributed by atoms with Crippen molar-refractivity contribution < 1.29 is 9.13 Å². The molecule has 0 bridgehead atoms. The minimum Gasteiger partial charge on any atom is -0.455 e. The van der Waals surface area contributed by atoms with Crippen LogP contribution in [-0.4, -0.2) is 10.8 Å². The van der Waals surface area contributed by atoms with E-state index in [0.29, 0.717) is 16.0 Å². The quantitative estimate of drug-likeness (QED) is 0.676. The molecule has 0 fully saturated rings. The second-order valence-corrected chi connectivity index (χ2v) is 4.39. The number of nitrogens with one attached hydrogen (secondary N) is 1. The third-order valence-corrected chi connectivity index (χ3v) is 2.55. The summed E-state index contributed by atoms with van der Waals surface area (Å²) in [6.07, 6.45) is 1.51. The number of nitrogens with two attached hydrogens (primary N) is 1. The highest BCUT2D eigenvalue weighted by atomic mass is 79.9. The van der Waals surface area contributed by atoms with Gasteiger partial charge in [0, 0.05) is 16.7 Å². The van der Waals surface area contributed by atoms with E-state index in [1.54, 1.807) is 18.2 Å². The molecule has 0 aliphatic rings. The number of amidine groups is 1. The van der Waals surface area contributed by atoms with E-state index in [9.17, 15) is 4.39 Å². The van der Waals surface area contributed by atoms with Crippen molar-refractivity contribution >= 4 is 21.8 Å². The zero-order valence-electron chi connectivity index (χ0n) is 9.15. The molecule has 0 amide bonds. The van der Waals surface area contributed by atoms with Crippen LogP contribution in [0.25, 0.3) is 0 Å². The molecule has 0 saturated carbocycles. The average Bonchev–Trinajstić information content (AvgIpc) is 2.27. The molecule has 1 aromatic heterocycles. The summed E-state index contributed by atoms with van der Waals surface area (Å²) in [7, 11) is 0. The summed E-state index contributed by atoms with van der Waals surface area (Å²) < 4.78 is 19.2. The maximum absolute atomic E-state index is 13.2. The first kappa shape index (κ1) is 12.5. The van der Waals surface area contributed by atoms with Gasteiger partial charge in [-0.05, 0) is 24.3 Å². The van der Waals surface area contributed by atoms with Crippen molar-refractivity contribution in [3.63, 3.8) is 0 Å². The van der Waals surface area contributed by atoms with Gasteiger partial charge in [-0.25, -0.2) is 9.37 Å². The van der Waals surface area contributed by atoms with Crippen LogP contribution in [0, 0.1) is 11.2 Å². The second-order valence-electron chi connectivity index (χ2n) is 3.47. The molecule has 6 heteroatoms. The molecule has 92 valence electrons. The Labute approximate surface area is 111 Å². The Bertz CT molecular complexity index is 583. The number of benzene rings is 1. The maximum Gasteiger partial charge on any atom is 0.156 e. The van der Waals surface area contributed by atoms with E-state index >= 15 is 0 Å². The third-order valence-electron chi connectivity index (χ3n) is 2.09. The van der Waals surface area contributed by atoms with Crippen LogP contribution in [0.5, 0.6) is 11.5 Å². The molecule has 1 aromatic carbocycles. The number of rotatable bonds is 3. The SMILES string of the molecule is N=C(N)c1ncccc1Oc1cc(F)cc(Br)c1. The highest BCUT2D eigenvalue weighted by Crippen LogP contribution is 2.27. The first-order valence-electron chi connectivity index (χ1n) is 4.99. The predicted octanol–water partition coefficient (Wildman–Crippen LogP) is 3.06. The predicted molar refractivity (Wildman–Crippen MR) is 69.4 cm³/mol. The highest BCUT2D eigenvalue weighted by molar-refractivity contribution is 9.10. The van der Waals surface area contributed by atoms with Gasteiger partial charge in [0.25, 0.3) is 0 Å². The molecule has 2 rings (SSSR count). The monoisotopic (exact) mass is 309 g/mol. The molecular weight excluding hydrogens is 301 g/mol. The molecular formula is C12H9BrFN3O. The lowest BCUT2D eigenvalue weighted by Crippen LogP contribution is -2.14. The lowest BCUT2D eigenvalue weighted by molar-refractivity contribution is 0.473. The van der Waals surface area contributed by atoms with Crippen molar-refractivity contribution in [3.8, 4) is 11.5 Å². The van der Waals surface area contributed by atoms with Gasteiger partial charge in [-0.3, -0.25) is 5.41 Å². The van der Waals surface area contributed by atoms with Crippen LogP contribution in [-0.2, 0) is 0 Å². The van der Waals surface area contributed by atoms with Crippen LogP contribution in [0.3, 0.4) is 0 Å². The molecule has 0 aliphatic heterocycles. The number of ether oxygens (including phenoxy) is 1. The molecule has 2 aromatic rings. The van der Waals surface area contributed by atoms with Crippen molar-refractivity contribution in [1.82, 2.24) is 4.98 Å². The fourth-order valence-corrected chi connectivity index (χ4v) is 1.83. The van der Waals surface area contributed by atoms with Crippen molar-refractivity contribution in [2.75, 3.05) is 0 Å². The fourth-order valence-electron chi connectivity index (χ4n) is 1.39. The Balaban J connectivity index is 2.37. The normalized spacial score (nSPS) is 10.1. The molecule has 0 radical (unpaired) electrons. The van der Waals surface area contributed by atoms with Crippen LogP contribution < -0.4 is 10.5 Å². The van der Waals surface area contributed by atoms with Crippen LogP contribution in [0.15, 0.2) is 41.0 Å². The third kappa shape index (κ3) is 2.84. The number of halogens is 2. The molecule has 0 saturated heterocycles. The molecule has 18 heavy (non-hydrogen) atoms. The molecule has 3 N–H and O–H groups in total. The number of hydrogen-bond donors (Lipinski definition) is 2. The summed E-state index contributed by atoms with van der Waals surface area (Å²) in [6.45, 7) is 0. The summed E-state index contributed by atoms with van der Waals surface area (Å²) in [4.78, 5) is 3.94. The summed E-state index contributed by atoms with van der Waals surface area (Å²) in [5.41, 5.74) is 5.61. The zero-order chi connectivity index (χ0) is 13.1. The van der Waals surface area contributed by atoms with Gasteiger partial charge < -0.3 is 10.5 Å². The van der Waals surface area contributed by atoms with Gasteiger partial charge in [-0.1, -0.05) is 15.9 Å². The van der Waals surface area contributed by atoms with E-state index in [1.807, 2.05) is 0 Å². The van der Waals surface area contributed by atoms with Crippen molar-refractivity contribution in [1.29, 1.82) is 5.41 Å². The zero-order valence-corrected chi connectivity index (χ0v) is 10.7. The summed E-state index contributed by atoms with van der Waals surface area (Å²) in [6, 6.07) is 7.43. The van der Waals surface area contributed by atoms with Crippen LogP contribution in [0.1, 0.15) is 5.69 Å². The van der Waals surface area contributed by atoms with Gasteiger partial charge in [0.1, 0.15) is 23.1 Å². The van der Waals surface area contributed by atoms with Gasteiger partial charge >= 0.3 is 0 Å². The lowest BCUT2D eigenvalue weighted by Gasteiger charge is -2.09. The Morgan fingerprint density at radius 3 is 2.83 bits per heavy atom. The van der Waals surface area contributed by atoms with Gasteiger partial charge in [-0.15, -0.1) is 0 Å². The molecule has 0 spiro atoms. The van der Waals surface area contributed by atoms with Crippen molar-refractivity contribution in [2.24, 2.45) is 5.73 Å². The Morgan fingerprint density at radius 2 is 2.17 bits per heavy atom. The minimum atomic E-state index is -0.423. The minimum absolute atomic E-state index is 0.207. The molecule has 1 heterocycles. The largest absolute Gasteiger partial charge is 0.455 e. The van der Waals surface area contributed by atoms with Gasteiger partial charge in [-0.2, -0.15) is 0 Å². The highest BCUT2D eigenvalue weighted by Gasteiger charge is 2.09. The average molecular weight is 310 g/mol. The molecule has 0 aliphatic carbocycles. The van der Waals surface area contributed by atoms with Gasteiger partial charge in [0.05, 0.1) is 0 Å². The number of hydrogen-bond acceptors (Lipinski definition) is 3. The topological polar surface area (TPSA) is 72.0 Å². The Kier molecular flexibility index (Phi) is 3.57. The van der Waals surface area contributed by atoms with Crippen LogP contribution in [0.4, 0.5) is 4.39 Å². The maximum atomic E-state index is 13.2. The lowest BCUT2D eigenvalue weighted by atomic mass is 10.3. The van der Waals surface area contributed by atoms with Gasteiger partial charge in [0.2, 0.25) is 0 Å². The van der Waals surface area contributed by atoms with E-state index < -0.39 is 5.82 Å². The first-order chi connectivity index (χ1) is 8.56. The van der Waals surface area contributed by atoms with E-state index in [2.05, 4.69) is 20.9 Å². The van der Waals surface area contributed by atoms with E-state index in [0.717, 1.165) is 0 Å². The summed E-state index contributed by atoms with van der Waals surface area (Å²) in [5, 5.41) is 7.38. The number of pyridine rings is 1. The van der Waals surface area contributed by atoms with Crippen molar-refractivity contribution in [2.45, 2.75) is 0 Å². The first-order valence-corrected chi connectivity index (χ1v) is 5.79. The molecule has 4 nitrogen and oxygen atoms in total. The van der Waals surface area contributed by atoms with E-state index in [1.165, 1.54) is 18.3 Å². The standard InChI is InChI=1S/C12H9BrFN3O/c13-7-4-8(14)6-9(5-7)18-10-2-1-3-17-11(10)12(15)16/h1-6H,(H3,15,16). The number of aromatic nitrogens is 1. The number of nitrogen functional groups attached to an aromatic ring is 1. The van der Waals surface area contributed by atoms with Crippen LogP contribution >= 0.6 is 15.9 Å². The summed E-state index contributed by atoms with van der Waals surface area (Å²) >= 11 is 3.17. The van der Waals surface area contributed by atoms with Crippen LogP contribution in [0.2, 0.25) is 0 Å². The van der Waals surface area contributed by atoms with Crippen molar-refractivity contribution in [3.05, 3.63) is 52.5 Å². The van der Waals surface area contributed by atoms with E-state index in [4.69, 9.17) is 15.9 Å². The fraction of sp³-hybridized carbons (Fsp3) is 0. The number of nitrogens with zero attached hydrogens (tertiary/aromatic N) is 1. The van der Waals surface area contributed by atoms with E-state index in [-0.39, 0.29) is 11.5 Å². The Morgan fingerprint density at radius 1 is 1.39 bits per heavy atom. The second kappa shape index (κ2) is 5.14. The smallest absolute Gasteiger partial charge is 0.156 e.